The quantitative estimate of drug-likeness (QED) is 0.938. The second-order valence-electron chi connectivity index (χ2n) is 5.96. The Bertz CT molecular complexity index is 656. The van der Waals surface area contributed by atoms with Crippen LogP contribution in [0, 0.1) is 6.07 Å². The van der Waals surface area contributed by atoms with Gasteiger partial charge in [-0.25, -0.2) is 0 Å². The van der Waals surface area contributed by atoms with E-state index in [1.807, 2.05) is 25.4 Å². The SMILES string of the molecule is CN1CCC(NC(=O)c2c[c]cc(-c3cnn(C)c3)c2)CC1. The fourth-order valence-corrected chi connectivity index (χ4v) is 2.76. The predicted octanol–water partition coefficient (Wildman–Crippen LogP) is 1.71. The van der Waals surface area contributed by atoms with Crippen LogP contribution < -0.4 is 5.32 Å². The molecule has 0 saturated carbocycles. The maximum atomic E-state index is 12.4. The van der Waals surface area contributed by atoms with Crippen molar-refractivity contribution in [2.24, 2.45) is 7.05 Å². The summed E-state index contributed by atoms with van der Waals surface area (Å²) >= 11 is 0. The molecule has 3 rings (SSSR count). The Morgan fingerprint density at radius 2 is 2.05 bits per heavy atom. The average molecular weight is 297 g/mol. The van der Waals surface area contributed by atoms with E-state index in [1.54, 1.807) is 16.9 Å². The molecule has 2 heterocycles. The fourth-order valence-electron chi connectivity index (χ4n) is 2.76. The van der Waals surface area contributed by atoms with Crippen molar-refractivity contribution in [1.29, 1.82) is 0 Å². The summed E-state index contributed by atoms with van der Waals surface area (Å²) in [4.78, 5) is 14.7. The van der Waals surface area contributed by atoms with E-state index in [9.17, 15) is 4.79 Å². The van der Waals surface area contributed by atoms with Crippen LogP contribution in [0.4, 0.5) is 0 Å². The molecule has 1 aromatic carbocycles. The van der Waals surface area contributed by atoms with Gasteiger partial charge in [0, 0.05) is 30.4 Å². The van der Waals surface area contributed by atoms with Crippen molar-refractivity contribution in [2.75, 3.05) is 20.1 Å². The van der Waals surface area contributed by atoms with Gasteiger partial charge >= 0.3 is 0 Å². The first kappa shape index (κ1) is 14.8. The van der Waals surface area contributed by atoms with Gasteiger partial charge in [0.15, 0.2) is 0 Å². The number of carbonyl (C=O) groups is 1. The van der Waals surface area contributed by atoms with Crippen LogP contribution in [0.25, 0.3) is 11.1 Å². The number of nitrogens with zero attached hydrogens (tertiary/aromatic N) is 3. The molecule has 0 aliphatic carbocycles. The molecule has 1 aliphatic rings. The van der Waals surface area contributed by atoms with Crippen molar-refractivity contribution in [3.63, 3.8) is 0 Å². The lowest BCUT2D eigenvalue weighted by atomic mass is 10.0. The molecule has 0 atom stereocenters. The smallest absolute Gasteiger partial charge is 0.251 e. The Kier molecular flexibility index (Phi) is 4.24. The molecule has 2 aromatic rings. The highest BCUT2D eigenvalue weighted by Crippen LogP contribution is 2.19. The fraction of sp³-hybridized carbons (Fsp3) is 0.412. The minimum atomic E-state index is -0.0171. The van der Waals surface area contributed by atoms with Crippen LogP contribution in [-0.4, -0.2) is 46.8 Å². The Labute approximate surface area is 130 Å². The number of aryl methyl sites for hydroxylation is 1. The maximum absolute atomic E-state index is 12.4. The van der Waals surface area contributed by atoms with Crippen molar-refractivity contribution >= 4 is 5.91 Å². The molecule has 1 N–H and O–H groups in total. The molecule has 1 aromatic heterocycles. The zero-order valence-corrected chi connectivity index (χ0v) is 13.0. The molecule has 1 amide bonds. The second-order valence-corrected chi connectivity index (χ2v) is 5.96. The number of piperidine rings is 1. The lowest BCUT2D eigenvalue weighted by molar-refractivity contribution is 0.0917. The average Bonchev–Trinajstić information content (AvgIpc) is 2.96. The van der Waals surface area contributed by atoms with Crippen LogP contribution in [0.5, 0.6) is 0 Å². The molecule has 1 radical (unpaired) electrons. The molecule has 0 bridgehead atoms. The third-order valence-corrected chi connectivity index (χ3v) is 4.14. The number of nitrogens with one attached hydrogen (secondary N) is 1. The summed E-state index contributed by atoms with van der Waals surface area (Å²) < 4.78 is 1.75. The molecule has 0 spiro atoms. The minimum Gasteiger partial charge on any atom is -0.349 e. The Balaban J connectivity index is 1.70. The first-order valence-electron chi connectivity index (χ1n) is 7.61. The summed E-state index contributed by atoms with van der Waals surface area (Å²) in [5.74, 6) is -0.0171. The zero-order valence-electron chi connectivity index (χ0n) is 13.0. The summed E-state index contributed by atoms with van der Waals surface area (Å²) in [5.41, 5.74) is 2.61. The maximum Gasteiger partial charge on any atom is 0.251 e. The van der Waals surface area contributed by atoms with Crippen molar-refractivity contribution in [1.82, 2.24) is 20.0 Å². The number of likely N-dealkylation sites (tertiary alicyclic amines) is 1. The van der Waals surface area contributed by atoms with Crippen molar-refractivity contribution in [3.8, 4) is 11.1 Å². The normalized spacial score (nSPS) is 16.6. The molecule has 0 unspecified atom stereocenters. The van der Waals surface area contributed by atoms with Crippen LogP contribution in [0.15, 0.2) is 30.6 Å². The van der Waals surface area contributed by atoms with Gasteiger partial charge in [-0.1, -0.05) is 0 Å². The lowest BCUT2D eigenvalue weighted by Crippen LogP contribution is -2.43. The van der Waals surface area contributed by atoms with Crippen LogP contribution >= 0.6 is 0 Å². The Hall–Kier alpha value is -2.14. The summed E-state index contributed by atoms with van der Waals surface area (Å²) in [5, 5.41) is 7.30. The molecule has 5 nitrogen and oxygen atoms in total. The number of hydrogen-bond donors (Lipinski definition) is 1. The van der Waals surface area contributed by atoms with Crippen LogP contribution in [0.1, 0.15) is 23.2 Å². The van der Waals surface area contributed by atoms with E-state index in [2.05, 4.69) is 28.4 Å². The minimum absolute atomic E-state index is 0.0171. The van der Waals surface area contributed by atoms with Crippen LogP contribution in [0.2, 0.25) is 0 Å². The number of rotatable bonds is 3. The van der Waals surface area contributed by atoms with Crippen molar-refractivity contribution in [3.05, 3.63) is 42.2 Å². The van der Waals surface area contributed by atoms with Crippen molar-refractivity contribution < 1.29 is 4.79 Å². The molecule has 5 heteroatoms. The van der Waals surface area contributed by atoms with Crippen LogP contribution in [-0.2, 0) is 7.05 Å². The highest BCUT2D eigenvalue weighted by Gasteiger charge is 2.19. The van der Waals surface area contributed by atoms with Crippen molar-refractivity contribution in [2.45, 2.75) is 18.9 Å². The zero-order chi connectivity index (χ0) is 15.5. The Morgan fingerprint density at radius 3 is 2.73 bits per heavy atom. The standard InChI is InChI=1S/C17H21N4O/c1-20-8-6-16(7-9-20)19-17(22)14-5-3-4-13(10-14)15-11-18-21(2)12-15/h4-5,10-12,16H,6-9H2,1-2H3,(H,19,22). The summed E-state index contributed by atoms with van der Waals surface area (Å²) in [6, 6.07) is 8.84. The predicted molar refractivity (Wildman–Crippen MR) is 85.5 cm³/mol. The molecule has 22 heavy (non-hydrogen) atoms. The summed E-state index contributed by atoms with van der Waals surface area (Å²) in [7, 11) is 3.99. The molecular formula is C17H21N4O. The van der Waals surface area contributed by atoms with Gasteiger partial charge < -0.3 is 10.2 Å². The number of aromatic nitrogens is 2. The second kappa shape index (κ2) is 6.32. The Morgan fingerprint density at radius 1 is 1.27 bits per heavy atom. The van der Waals surface area contributed by atoms with Gasteiger partial charge in [-0.15, -0.1) is 0 Å². The molecular weight excluding hydrogens is 276 g/mol. The molecule has 115 valence electrons. The topological polar surface area (TPSA) is 50.2 Å². The number of amides is 1. The van der Waals surface area contributed by atoms with Gasteiger partial charge in [0.25, 0.3) is 5.91 Å². The largest absolute Gasteiger partial charge is 0.349 e. The third-order valence-electron chi connectivity index (χ3n) is 4.14. The lowest BCUT2D eigenvalue weighted by Gasteiger charge is -2.29. The molecule has 1 fully saturated rings. The van der Waals surface area contributed by atoms with E-state index < -0.39 is 0 Å². The highest BCUT2D eigenvalue weighted by atomic mass is 16.1. The van der Waals surface area contributed by atoms with Gasteiger partial charge in [0.2, 0.25) is 0 Å². The number of carbonyl (C=O) groups excluding carboxylic acids is 1. The van der Waals surface area contributed by atoms with Gasteiger partial charge in [0.05, 0.1) is 6.20 Å². The first-order chi connectivity index (χ1) is 10.6. The monoisotopic (exact) mass is 297 g/mol. The van der Waals surface area contributed by atoms with E-state index in [0.717, 1.165) is 37.1 Å². The molecule has 1 saturated heterocycles. The van der Waals surface area contributed by atoms with E-state index in [-0.39, 0.29) is 11.9 Å². The van der Waals surface area contributed by atoms with Gasteiger partial charge in [0.1, 0.15) is 0 Å². The van der Waals surface area contributed by atoms with E-state index in [1.165, 1.54) is 0 Å². The molecule has 1 aliphatic heterocycles. The number of benzene rings is 1. The van der Waals surface area contributed by atoms with E-state index in [4.69, 9.17) is 0 Å². The highest BCUT2D eigenvalue weighted by molar-refractivity contribution is 5.95. The van der Waals surface area contributed by atoms with Crippen LogP contribution in [0.3, 0.4) is 0 Å². The third kappa shape index (κ3) is 3.36. The van der Waals surface area contributed by atoms with Gasteiger partial charge in [-0.05, 0) is 62.8 Å². The summed E-state index contributed by atoms with van der Waals surface area (Å²) in [6.07, 6.45) is 5.74. The first-order valence-corrected chi connectivity index (χ1v) is 7.61. The summed E-state index contributed by atoms with van der Waals surface area (Å²) in [6.45, 7) is 2.07. The van der Waals surface area contributed by atoms with E-state index in [0.29, 0.717) is 5.56 Å². The van der Waals surface area contributed by atoms with E-state index >= 15 is 0 Å². The van der Waals surface area contributed by atoms with Gasteiger partial charge in [-0.2, -0.15) is 5.10 Å². The van der Waals surface area contributed by atoms with Gasteiger partial charge in [-0.3, -0.25) is 9.48 Å². The number of hydrogen-bond acceptors (Lipinski definition) is 3.